The van der Waals surface area contributed by atoms with E-state index in [0.29, 0.717) is 19.4 Å². The average Bonchev–Trinajstić information content (AvgIpc) is 3.41. The van der Waals surface area contributed by atoms with Crippen LogP contribution in [-0.4, -0.2) is 53.2 Å². The molecule has 0 bridgehead atoms. The number of carbonyl (C=O) groups excluding carboxylic acids is 2. The number of fused-ring (bicyclic) bond motifs is 3. The van der Waals surface area contributed by atoms with Gasteiger partial charge in [0.05, 0.1) is 0 Å². The van der Waals surface area contributed by atoms with Crippen molar-refractivity contribution in [2.75, 3.05) is 13.2 Å². The fourth-order valence-electron chi connectivity index (χ4n) is 4.87. The van der Waals surface area contributed by atoms with E-state index in [2.05, 4.69) is 29.6 Å². The molecular formula is C26H30N2O5. The Hall–Kier alpha value is -3.35. The number of carbonyl (C=O) groups is 3. The van der Waals surface area contributed by atoms with E-state index in [1.54, 1.807) is 0 Å². The van der Waals surface area contributed by atoms with Gasteiger partial charge >= 0.3 is 12.1 Å². The summed E-state index contributed by atoms with van der Waals surface area (Å²) < 4.78 is 5.62. The number of benzene rings is 2. The fraction of sp³-hybridized carbons (Fsp3) is 0.423. The van der Waals surface area contributed by atoms with Crippen LogP contribution < -0.4 is 5.32 Å². The molecule has 2 amide bonds. The average molecular weight is 451 g/mol. The summed E-state index contributed by atoms with van der Waals surface area (Å²) in [6.45, 7) is 4.47. The van der Waals surface area contributed by atoms with Crippen molar-refractivity contribution in [1.82, 2.24) is 10.2 Å². The summed E-state index contributed by atoms with van der Waals surface area (Å²) in [5.41, 5.74) is 4.59. The zero-order valence-corrected chi connectivity index (χ0v) is 19.0. The van der Waals surface area contributed by atoms with Crippen molar-refractivity contribution in [3.05, 3.63) is 59.7 Å². The van der Waals surface area contributed by atoms with E-state index in [1.807, 2.05) is 38.1 Å². The van der Waals surface area contributed by atoms with Crippen LogP contribution >= 0.6 is 0 Å². The molecule has 7 heteroatoms. The van der Waals surface area contributed by atoms with E-state index >= 15 is 0 Å². The second-order valence-electron chi connectivity index (χ2n) is 9.11. The Bertz CT molecular complexity index is 1000. The molecule has 174 valence electrons. The molecule has 1 aliphatic heterocycles. The number of hydrogen-bond donors (Lipinski definition) is 2. The molecule has 2 aromatic rings. The van der Waals surface area contributed by atoms with Crippen LogP contribution in [0.5, 0.6) is 0 Å². The van der Waals surface area contributed by atoms with Crippen molar-refractivity contribution in [2.45, 2.75) is 51.1 Å². The lowest BCUT2D eigenvalue weighted by Gasteiger charge is -2.27. The SMILES string of the molecule is CC(C)C(CC(=O)N1CCCC1C(=O)O)NC(=O)OCC1c2ccccc2-c2ccccc21. The molecule has 1 saturated heterocycles. The topological polar surface area (TPSA) is 95.9 Å². The highest BCUT2D eigenvalue weighted by Gasteiger charge is 2.35. The fourth-order valence-corrected chi connectivity index (χ4v) is 4.87. The number of nitrogens with zero attached hydrogens (tertiary/aromatic N) is 1. The molecule has 1 fully saturated rings. The van der Waals surface area contributed by atoms with Gasteiger partial charge in [-0.3, -0.25) is 4.79 Å². The number of carboxylic acid groups (broad SMARTS) is 1. The Balaban J connectivity index is 1.38. The molecule has 33 heavy (non-hydrogen) atoms. The molecule has 0 radical (unpaired) electrons. The predicted octanol–water partition coefficient (Wildman–Crippen LogP) is 4.02. The first-order chi connectivity index (χ1) is 15.9. The van der Waals surface area contributed by atoms with Gasteiger partial charge in [0.2, 0.25) is 5.91 Å². The number of aliphatic carboxylic acids is 1. The summed E-state index contributed by atoms with van der Waals surface area (Å²) in [6.07, 6.45) is 0.618. The lowest BCUT2D eigenvalue weighted by Crippen LogP contribution is -2.46. The highest BCUT2D eigenvalue weighted by molar-refractivity contribution is 5.85. The first-order valence-corrected chi connectivity index (χ1v) is 11.5. The van der Waals surface area contributed by atoms with Gasteiger partial charge in [-0.2, -0.15) is 0 Å². The van der Waals surface area contributed by atoms with Gasteiger partial charge in [0, 0.05) is 24.9 Å². The lowest BCUT2D eigenvalue weighted by molar-refractivity contribution is -0.148. The van der Waals surface area contributed by atoms with Crippen LogP contribution in [0.25, 0.3) is 11.1 Å². The maximum absolute atomic E-state index is 12.8. The Morgan fingerprint density at radius 1 is 1.06 bits per heavy atom. The maximum atomic E-state index is 12.8. The summed E-state index contributed by atoms with van der Waals surface area (Å²) in [6, 6.07) is 15.0. The van der Waals surface area contributed by atoms with Crippen molar-refractivity contribution in [3.8, 4) is 11.1 Å². The van der Waals surface area contributed by atoms with Crippen molar-refractivity contribution in [1.29, 1.82) is 0 Å². The van der Waals surface area contributed by atoms with Crippen molar-refractivity contribution in [3.63, 3.8) is 0 Å². The number of ether oxygens (including phenoxy) is 1. The van der Waals surface area contributed by atoms with Crippen molar-refractivity contribution >= 4 is 18.0 Å². The monoisotopic (exact) mass is 450 g/mol. The highest BCUT2D eigenvalue weighted by atomic mass is 16.5. The summed E-state index contributed by atoms with van der Waals surface area (Å²) in [7, 11) is 0. The van der Waals surface area contributed by atoms with E-state index in [0.717, 1.165) is 22.3 Å². The largest absolute Gasteiger partial charge is 0.480 e. The Labute approximate surface area is 193 Å². The van der Waals surface area contributed by atoms with Crippen LogP contribution in [-0.2, 0) is 14.3 Å². The zero-order chi connectivity index (χ0) is 23.5. The van der Waals surface area contributed by atoms with Crippen LogP contribution in [0.2, 0.25) is 0 Å². The van der Waals surface area contributed by atoms with E-state index in [9.17, 15) is 19.5 Å². The van der Waals surface area contributed by atoms with Crippen LogP contribution in [0.4, 0.5) is 4.79 Å². The molecule has 0 saturated carbocycles. The van der Waals surface area contributed by atoms with E-state index in [-0.39, 0.29) is 30.8 Å². The smallest absolute Gasteiger partial charge is 0.407 e. The van der Waals surface area contributed by atoms with E-state index in [4.69, 9.17) is 4.74 Å². The van der Waals surface area contributed by atoms with Crippen LogP contribution in [0.1, 0.15) is 50.2 Å². The number of amides is 2. The summed E-state index contributed by atoms with van der Waals surface area (Å²) in [4.78, 5) is 38.3. The number of hydrogen-bond acceptors (Lipinski definition) is 4. The summed E-state index contributed by atoms with van der Waals surface area (Å²) in [5, 5.41) is 12.2. The Morgan fingerprint density at radius 3 is 2.24 bits per heavy atom. The minimum atomic E-state index is -0.980. The summed E-state index contributed by atoms with van der Waals surface area (Å²) >= 11 is 0. The van der Waals surface area contributed by atoms with Crippen LogP contribution in [0.3, 0.4) is 0 Å². The maximum Gasteiger partial charge on any atom is 0.407 e. The Kier molecular flexibility index (Phi) is 6.67. The highest BCUT2D eigenvalue weighted by Crippen LogP contribution is 2.44. The standard InChI is InChI=1S/C26H30N2O5/c1-16(2)22(14-24(29)28-13-7-12-23(28)25(30)31)27-26(32)33-15-21-19-10-5-3-8-17(19)18-9-4-6-11-20(18)21/h3-6,8-11,16,21-23H,7,12-15H2,1-2H3,(H,27,32)(H,30,31). The third-order valence-corrected chi connectivity index (χ3v) is 6.70. The number of likely N-dealkylation sites (tertiary alicyclic amines) is 1. The van der Waals surface area contributed by atoms with Gasteiger partial charge in [0.25, 0.3) is 0 Å². The second-order valence-corrected chi connectivity index (χ2v) is 9.11. The second kappa shape index (κ2) is 9.65. The van der Waals surface area contributed by atoms with Gasteiger partial charge < -0.3 is 20.1 Å². The minimum Gasteiger partial charge on any atom is -0.480 e. The van der Waals surface area contributed by atoms with Gasteiger partial charge in [-0.25, -0.2) is 9.59 Å². The quantitative estimate of drug-likeness (QED) is 0.664. The van der Waals surface area contributed by atoms with E-state index in [1.165, 1.54) is 4.90 Å². The third-order valence-electron chi connectivity index (χ3n) is 6.70. The van der Waals surface area contributed by atoms with Gasteiger partial charge in [-0.1, -0.05) is 62.4 Å². The zero-order valence-electron chi connectivity index (χ0n) is 19.0. The molecule has 2 aliphatic rings. The van der Waals surface area contributed by atoms with Gasteiger partial charge in [0.1, 0.15) is 12.6 Å². The van der Waals surface area contributed by atoms with Gasteiger partial charge in [0.15, 0.2) is 0 Å². The first-order valence-electron chi connectivity index (χ1n) is 11.5. The molecule has 1 heterocycles. The molecule has 0 spiro atoms. The minimum absolute atomic E-state index is 0.0136. The van der Waals surface area contributed by atoms with Gasteiger partial charge in [-0.15, -0.1) is 0 Å². The number of rotatable bonds is 7. The number of alkyl carbamates (subject to hydrolysis) is 1. The molecule has 4 rings (SSSR count). The summed E-state index contributed by atoms with van der Waals surface area (Å²) in [5.74, 6) is -1.28. The van der Waals surface area contributed by atoms with Gasteiger partial charge in [-0.05, 0) is 41.0 Å². The molecule has 2 unspecified atom stereocenters. The third kappa shape index (κ3) is 4.72. The molecule has 0 aromatic heterocycles. The molecule has 1 aliphatic carbocycles. The first kappa shape index (κ1) is 22.8. The predicted molar refractivity (Wildman–Crippen MR) is 124 cm³/mol. The Morgan fingerprint density at radius 2 is 1.67 bits per heavy atom. The van der Waals surface area contributed by atoms with Crippen LogP contribution in [0, 0.1) is 5.92 Å². The molecule has 2 N–H and O–H groups in total. The molecular weight excluding hydrogens is 420 g/mol. The molecule has 2 aromatic carbocycles. The molecule has 2 atom stereocenters. The molecule has 7 nitrogen and oxygen atoms in total. The number of nitrogens with one attached hydrogen (secondary N) is 1. The van der Waals surface area contributed by atoms with Crippen molar-refractivity contribution in [2.24, 2.45) is 5.92 Å². The van der Waals surface area contributed by atoms with Crippen LogP contribution in [0.15, 0.2) is 48.5 Å². The normalized spacial score (nSPS) is 18.0. The lowest BCUT2D eigenvalue weighted by atomic mass is 9.98. The number of carboxylic acids is 1. The van der Waals surface area contributed by atoms with E-state index < -0.39 is 24.1 Å². The van der Waals surface area contributed by atoms with Crippen molar-refractivity contribution < 1.29 is 24.2 Å².